The Balaban J connectivity index is 1.94. The number of aliphatic hydroxyl groups is 1. The highest BCUT2D eigenvalue weighted by Gasteiger charge is 2.25. The highest BCUT2D eigenvalue weighted by atomic mass is 35.5. The number of nitrogens with one attached hydrogen (secondary N) is 1. The molecule has 2 atom stereocenters. The first-order valence-corrected chi connectivity index (χ1v) is 7.70. The van der Waals surface area contributed by atoms with Gasteiger partial charge in [0.25, 0.3) is 0 Å². The lowest BCUT2D eigenvalue weighted by Gasteiger charge is -2.30. The minimum Gasteiger partial charge on any atom is -0.396 e. The molecule has 0 radical (unpaired) electrons. The first kappa shape index (κ1) is 15.6. The van der Waals surface area contributed by atoms with Gasteiger partial charge < -0.3 is 10.4 Å². The number of hydrogen-bond acceptors (Lipinski definition) is 2. The van der Waals surface area contributed by atoms with Crippen LogP contribution in [0.2, 0.25) is 10.0 Å². The number of carbonyl (C=O) groups excluding carboxylic acids is 1. The Morgan fingerprint density at radius 2 is 2.05 bits per heavy atom. The molecule has 1 amide bonds. The smallest absolute Gasteiger partial charge is 0.224 e. The van der Waals surface area contributed by atoms with Crippen molar-refractivity contribution in [3.05, 3.63) is 33.8 Å². The van der Waals surface area contributed by atoms with Gasteiger partial charge in [-0.2, -0.15) is 0 Å². The zero-order chi connectivity index (χ0) is 14.5. The largest absolute Gasteiger partial charge is 0.396 e. The molecule has 110 valence electrons. The van der Waals surface area contributed by atoms with E-state index in [2.05, 4.69) is 5.32 Å². The van der Waals surface area contributed by atoms with Gasteiger partial charge in [-0.15, -0.1) is 0 Å². The zero-order valence-electron chi connectivity index (χ0n) is 11.2. The monoisotopic (exact) mass is 315 g/mol. The van der Waals surface area contributed by atoms with Gasteiger partial charge in [-0.05, 0) is 30.5 Å². The fourth-order valence-corrected chi connectivity index (χ4v) is 3.19. The van der Waals surface area contributed by atoms with Crippen molar-refractivity contribution in [3.63, 3.8) is 0 Å². The van der Waals surface area contributed by atoms with Crippen LogP contribution in [0.1, 0.15) is 31.2 Å². The summed E-state index contributed by atoms with van der Waals surface area (Å²) in [5.74, 6) is 0.118. The highest BCUT2D eigenvalue weighted by Crippen LogP contribution is 2.25. The molecule has 5 heteroatoms. The summed E-state index contributed by atoms with van der Waals surface area (Å²) in [5, 5.41) is 13.4. The molecule has 20 heavy (non-hydrogen) atoms. The SMILES string of the molecule is O=C(Cc1ccc(Cl)cc1Cl)NC1CCCCC1CO. The van der Waals surface area contributed by atoms with E-state index < -0.39 is 0 Å². The lowest BCUT2D eigenvalue weighted by molar-refractivity contribution is -0.121. The molecule has 2 rings (SSSR count). The second-order valence-corrected chi connectivity index (χ2v) is 6.16. The Hall–Kier alpha value is -0.770. The number of rotatable bonds is 4. The number of aliphatic hydroxyl groups excluding tert-OH is 1. The van der Waals surface area contributed by atoms with Crippen molar-refractivity contribution in [1.82, 2.24) is 5.32 Å². The van der Waals surface area contributed by atoms with Crippen molar-refractivity contribution in [2.24, 2.45) is 5.92 Å². The lowest BCUT2D eigenvalue weighted by Crippen LogP contribution is -2.44. The van der Waals surface area contributed by atoms with Crippen LogP contribution in [0.15, 0.2) is 18.2 Å². The molecule has 0 bridgehead atoms. The summed E-state index contributed by atoms with van der Waals surface area (Å²) in [6.45, 7) is 0.132. The topological polar surface area (TPSA) is 49.3 Å². The standard InChI is InChI=1S/C15H19Cl2NO2/c16-12-6-5-10(13(17)8-12)7-15(20)18-14-4-2-1-3-11(14)9-19/h5-6,8,11,14,19H,1-4,7,9H2,(H,18,20). The number of carbonyl (C=O) groups is 1. The average molecular weight is 316 g/mol. The maximum atomic E-state index is 12.1. The van der Waals surface area contributed by atoms with Crippen LogP contribution in [-0.4, -0.2) is 23.7 Å². The molecule has 1 aliphatic carbocycles. The predicted molar refractivity (Wildman–Crippen MR) is 81.1 cm³/mol. The van der Waals surface area contributed by atoms with Crippen LogP contribution in [0.4, 0.5) is 0 Å². The molecule has 2 N–H and O–H groups in total. The van der Waals surface area contributed by atoms with Gasteiger partial charge in [0, 0.05) is 28.6 Å². The maximum Gasteiger partial charge on any atom is 0.224 e. The van der Waals surface area contributed by atoms with Crippen LogP contribution in [0, 0.1) is 5.92 Å². The summed E-state index contributed by atoms with van der Waals surface area (Å²) in [6.07, 6.45) is 4.38. The van der Waals surface area contributed by atoms with Crippen LogP contribution in [0.5, 0.6) is 0 Å². The van der Waals surface area contributed by atoms with E-state index in [-0.39, 0.29) is 30.9 Å². The van der Waals surface area contributed by atoms with Gasteiger partial charge in [0.05, 0.1) is 6.42 Å². The molecule has 1 fully saturated rings. The molecule has 0 saturated heterocycles. The highest BCUT2D eigenvalue weighted by molar-refractivity contribution is 6.35. The maximum absolute atomic E-state index is 12.1. The summed E-state index contributed by atoms with van der Waals surface area (Å²) >= 11 is 11.9. The van der Waals surface area contributed by atoms with E-state index in [4.69, 9.17) is 23.2 Å². The summed E-state index contributed by atoms with van der Waals surface area (Å²) in [4.78, 5) is 12.1. The summed E-state index contributed by atoms with van der Waals surface area (Å²) in [7, 11) is 0. The van der Waals surface area contributed by atoms with Crippen LogP contribution in [-0.2, 0) is 11.2 Å². The van der Waals surface area contributed by atoms with Crippen LogP contribution in [0.3, 0.4) is 0 Å². The molecular formula is C15H19Cl2NO2. The average Bonchev–Trinajstić information content (AvgIpc) is 2.42. The van der Waals surface area contributed by atoms with Crippen molar-refractivity contribution >= 4 is 29.1 Å². The van der Waals surface area contributed by atoms with Crippen LogP contribution >= 0.6 is 23.2 Å². The first-order valence-electron chi connectivity index (χ1n) is 6.94. The number of halogens is 2. The molecule has 1 aliphatic rings. The molecule has 1 aromatic carbocycles. The lowest BCUT2D eigenvalue weighted by atomic mass is 9.85. The number of benzene rings is 1. The van der Waals surface area contributed by atoms with Gasteiger partial charge in [0.15, 0.2) is 0 Å². The second-order valence-electron chi connectivity index (χ2n) is 5.31. The Labute approximate surface area is 129 Å². The summed E-state index contributed by atoms with van der Waals surface area (Å²) < 4.78 is 0. The normalized spacial score (nSPS) is 22.6. The molecule has 2 unspecified atom stereocenters. The molecule has 1 saturated carbocycles. The van der Waals surface area contributed by atoms with Gasteiger partial charge in [-0.3, -0.25) is 4.79 Å². The van der Waals surface area contributed by atoms with E-state index in [1.807, 2.05) is 0 Å². The Bertz CT molecular complexity index is 479. The van der Waals surface area contributed by atoms with E-state index in [9.17, 15) is 9.90 Å². The zero-order valence-corrected chi connectivity index (χ0v) is 12.8. The van der Waals surface area contributed by atoms with Crippen LogP contribution in [0.25, 0.3) is 0 Å². The number of hydrogen-bond donors (Lipinski definition) is 2. The second kappa shape index (κ2) is 7.30. The fraction of sp³-hybridized carbons (Fsp3) is 0.533. The summed E-state index contributed by atoms with van der Waals surface area (Å²) in [5.41, 5.74) is 0.768. The minimum absolute atomic E-state index is 0.0560. The van der Waals surface area contributed by atoms with Gasteiger partial charge in [0.1, 0.15) is 0 Å². The third-order valence-corrected chi connectivity index (χ3v) is 4.44. The fourth-order valence-electron chi connectivity index (χ4n) is 2.71. The predicted octanol–water partition coefficient (Wildman–Crippen LogP) is 3.20. The van der Waals surface area contributed by atoms with Crippen molar-refractivity contribution < 1.29 is 9.90 Å². The number of amides is 1. The van der Waals surface area contributed by atoms with Gasteiger partial charge >= 0.3 is 0 Å². The van der Waals surface area contributed by atoms with Crippen LogP contribution < -0.4 is 5.32 Å². The summed E-state index contributed by atoms with van der Waals surface area (Å²) in [6, 6.07) is 5.22. The third kappa shape index (κ3) is 4.11. The van der Waals surface area contributed by atoms with E-state index in [1.54, 1.807) is 18.2 Å². The van der Waals surface area contributed by atoms with Crippen molar-refractivity contribution in [1.29, 1.82) is 0 Å². The molecule has 0 spiro atoms. The molecular weight excluding hydrogens is 297 g/mol. The Morgan fingerprint density at radius 1 is 1.30 bits per heavy atom. The van der Waals surface area contributed by atoms with E-state index in [0.717, 1.165) is 31.2 Å². The van der Waals surface area contributed by atoms with Crippen molar-refractivity contribution in [3.8, 4) is 0 Å². The van der Waals surface area contributed by atoms with Gasteiger partial charge in [-0.1, -0.05) is 42.1 Å². The van der Waals surface area contributed by atoms with E-state index >= 15 is 0 Å². The van der Waals surface area contributed by atoms with Gasteiger partial charge in [-0.25, -0.2) is 0 Å². The van der Waals surface area contributed by atoms with Gasteiger partial charge in [0.2, 0.25) is 5.91 Å². The third-order valence-electron chi connectivity index (χ3n) is 3.86. The van der Waals surface area contributed by atoms with E-state index in [0.29, 0.717) is 10.0 Å². The van der Waals surface area contributed by atoms with Crippen molar-refractivity contribution in [2.45, 2.75) is 38.1 Å². The molecule has 0 aromatic heterocycles. The molecule has 0 heterocycles. The first-order chi connectivity index (χ1) is 9.60. The molecule has 1 aromatic rings. The minimum atomic E-state index is -0.0560. The molecule has 3 nitrogen and oxygen atoms in total. The van der Waals surface area contributed by atoms with E-state index in [1.165, 1.54) is 0 Å². The molecule has 0 aliphatic heterocycles. The quantitative estimate of drug-likeness (QED) is 0.896. The Kier molecular flexibility index (Phi) is 5.70. The Morgan fingerprint density at radius 3 is 2.75 bits per heavy atom. The van der Waals surface area contributed by atoms with Crippen molar-refractivity contribution in [2.75, 3.05) is 6.61 Å².